The minimum Gasteiger partial charge on any atom is -0.480 e. The van der Waals surface area contributed by atoms with Gasteiger partial charge in [-0.3, -0.25) is 4.90 Å². The zero-order valence-electron chi connectivity index (χ0n) is 17.9. The molecule has 168 valence electrons. The number of amides is 1. The number of hydrogen-bond acceptors (Lipinski definition) is 7. The molecule has 4 rings (SSSR count). The second kappa shape index (κ2) is 9.46. The van der Waals surface area contributed by atoms with Crippen molar-refractivity contribution in [3.05, 3.63) is 59.5 Å². The van der Waals surface area contributed by atoms with Crippen LogP contribution in [0, 0.1) is 12.7 Å². The molecule has 2 aromatic carbocycles. The van der Waals surface area contributed by atoms with Gasteiger partial charge in [-0.2, -0.15) is 0 Å². The number of para-hydroxylation sites is 1. The van der Waals surface area contributed by atoms with Crippen LogP contribution < -0.4 is 15.0 Å². The number of halogens is 1. The van der Waals surface area contributed by atoms with E-state index >= 15 is 0 Å². The van der Waals surface area contributed by atoms with Gasteiger partial charge in [0.25, 0.3) is 0 Å². The van der Waals surface area contributed by atoms with Crippen LogP contribution in [0.5, 0.6) is 5.88 Å². The number of anilines is 1. The first-order valence-electron chi connectivity index (χ1n) is 10.4. The van der Waals surface area contributed by atoms with E-state index in [9.17, 15) is 14.3 Å². The molecule has 2 atom stereocenters. The van der Waals surface area contributed by atoms with Crippen molar-refractivity contribution in [3.63, 3.8) is 0 Å². The van der Waals surface area contributed by atoms with E-state index in [1.54, 1.807) is 25.1 Å². The van der Waals surface area contributed by atoms with E-state index in [0.29, 0.717) is 59.8 Å². The van der Waals surface area contributed by atoms with Crippen molar-refractivity contribution >= 4 is 22.8 Å². The Bertz CT molecular complexity index is 1130. The number of hydrogen-bond donors (Lipinski definition) is 2. The van der Waals surface area contributed by atoms with Crippen LogP contribution in [0.15, 0.2) is 42.6 Å². The highest BCUT2D eigenvalue weighted by Crippen LogP contribution is 2.25. The molecule has 0 bridgehead atoms. The van der Waals surface area contributed by atoms with Crippen LogP contribution in [0.2, 0.25) is 0 Å². The molecule has 1 aliphatic heterocycles. The number of rotatable bonds is 8. The highest BCUT2D eigenvalue weighted by Gasteiger charge is 2.32. The summed E-state index contributed by atoms with van der Waals surface area (Å²) in [5.74, 6) is 0.0244. The molecule has 0 saturated carbocycles. The van der Waals surface area contributed by atoms with Gasteiger partial charge in [-0.05, 0) is 43.7 Å². The van der Waals surface area contributed by atoms with Crippen molar-refractivity contribution < 1.29 is 23.8 Å². The predicted molar refractivity (Wildman–Crippen MR) is 117 cm³/mol. The van der Waals surface area contributed by atoms with E-state index in [1.165, 1.54) is 24.3 Å². The lowest BCUT2D eigenvalue weighted by Gasteiger charge is -2.15. The van der Waals surface area contributed by atoms with Crippen molar-refractivity contribution in [2.45, 2.75) is 25.6 Å². The third-order valence-electron chi connectivity index (χ3n) is 5.47. The molecule has 1 aliphatic rings. The Morgan fingerprint density at radius 3 is 3.00 bits per heavy atom. The Hall–Kier alpha value is -3.30. The van der Waals surface area contributed by atoms with Crippen LogP contribution in [0.25, 0.3) is 11.0 Å². The number of aryl methyl sites for hydroxylation is 1. The largest absolute Gasteiger partial charge is 0.480 e. The first-order valence-corrected chi connectivity index (χ1v) is 10.4. The maximum absolute atomic E-state index is 13.8. The number of methoxy groups -OCH3 is 1. The lowest BCUT2D eigenvalue weighted by Crippen LogP contribution is -2.28. The number of aliphatic hydroxyl groups excluding tert-OH is 1. The molecule has 32 heavy (non-hydrogen) atoms. The monoisotopic (exact) mass is 440 g/mol. The fourth-order valence-corrected chi connectivity index (χ4v) is 3.65. The average Bonchev–Trinajstić information content (AvgIpc) is 3.17. The molecule has 9 heteroatoms. The molecule has 0 aliphatic carbocycles. The summed E-state index contributed by atoms with van der Waals surface area (Å²) in [4.78, 5) is 22.3. The molecule has 1 saturated heterocycles. The minimum absolute atomic E-state index is 0.297. The molecule has 1 amide bonds. The van der Waals surface area contributed by atoms with Gasteiger partial charge in [-0.1, -0.05) is 18.2 Å². The number of benzene rings is 2. The molecule has 0 unspecified atom stereocenters. The number of cyclic esters (lactones) is 1. The SMILES string of the molecule is COc1cnc2cccc([C@@H](O)CNCC[C@@H]3CN(c4ccc(C)c(F)c4)C(=O)O3)c2n1. The van der Waals surface area contributed by atoms with Crippen LogP contribution in [0.4, 0.5) is 14.9 Å². The number of nitrogens with one attached hydrogen (secondary N) is 1. The van der Waals surface area contributed by atoms with Gasteiger partial charge in [-0.15, -0.1) is 0 Å². The number of ether oxygens (including phenoxy) is 2. The summed E-state index contributed by atoms with van der Waals surface area (Å²) >= 11 is 0. The summed E-state index contributed by atoms with van der Waals surface area (Å²) in [6, 6.07) is 10.1. The molecule has 2 heterocycles. The Morgan fingerprint density at radius 1 is 1.38 bits per heavy atom. The molecule has 0 spiro atoms. The molecule has 0 radical (unpaired) electrons. The minimum atomic E-state index is -0.793. The number of aliphatic hydroxyl groups is 1. The van der Waals surface area contributed by atoms with E-state index in [-0.39, 0.29) is 11.9 Å². The van der Waals surface area contributed by atoms with Gasteiger partial charge in [0.1, 0.15) is 11.9 Å². The Kier molecular flexibility index (Phi) is 6.48. The van der Waals surface area contributed by atoms with Gasteiger partial charge in [0.15, 0.2) is 0 Å². The number of aromatic nitrogens is 2. The van der Waals surface area contributed by atoms with Gasteiger partial charge in [0.05, 0.1) is 42.7 Å². The Balaban J connectivity index is 1.30. The first-order chi connectivity index (χ1) is 15.5. The predicted octanol–water partition coefficient (Wildman–Crippen LogP) is 3.12. The lowest BCUT2D eigenvalue weighted by molar-refractivity contribution is 0.134. The molecule has 1 fully saturated rings. The zero-order valence-corrected chi connectivity index (χ0v) is 17.9. The van der Waals surface area contributed by atoms with Crippen LogP contribution in [-0.2, 0) is 4.74 Å². The Labute approximate surface area is 185 Å². The Morgan fingerprint density at radius 2 is 2.22 bits per heavy atom. The standard InChI is InChI=1S/C23H25FN4O4/c1-14-6-7-15(10-18(14)24)28-13-16(32-23(28)30)8-9-25-11-20(29)17-4-3-5-19-22(17)27-21(31-2)12-26-19/h3-7,10,12,16,20,25,29H,8-9,11,13H2,1-2H3/t16-,20+/m1/s1. The van der Waals surface area contributed by atoms with E-state index < -0.39 is 12.2 Å². The maximum atomic E-state index is 13.8. The second-order valence-electron chi connectivity index (χ2n) is 7.69. The van der Waals surface area contributed by atoms with E-state index in [0.717, 1.165) is 0 Å². The van der Waals surface area contributed by atoms with E-state index in [2.05, 4.69) is 15.3 Å². The third-order valence-corrected chi connectivity index (χ3v) is 5.47. The highest BCUT2D eigenvalue weighted by atomic mass is 19.1. The van der Waals surface area contributed by atoms with Crippen molar-refractivity contribution in [1.82, 2.24) is 15.3 Å². The first kappa shape index (κ1) is 21.9. The average molecular weight is 440 g/mol. The number of fused-ring (bicyclic) bond motifs is 1. The van der Waals surface area contributed by atoms with E-state index in [1.807, 2.05) is 12.1 Å². The normalized spacial score (nSPS) is 16.9. The summed E-state index contributed by atoms with van der Waals surface area (Å²) < 4.78 is 24.4. The number of carbonyl (C=O) groups excluding carboxylic acids is 1. The van der Waals surface area contributed by atoms with Gasteiger partial charge in [-0.25, -0.2) is 19.2 Å². The van der Waals surface area contributed by atoms with Crippen molar-refractivity contribution in [1.29, 1.82) is 0 Å². The quantitative estimate of drug-likeness (QED) is 0.520. The van der Waals surface area contributed by atoms with Crippen molar-refractivity contribution in [2.24, 2.45) is 0 Å². The molecule has 2 N–H and O–H groups in total. The maximum Gasteiger partial charge on any atom is 0.414 e. The summed E-state index contributed by atoms with van der Waals surface area (Å²) in [5.41, 5.74) is 2.92. The van der Waals surface area contributed by atoms with Crippen LogP contribution in [0.3, 0.4) is 0 Å². The van der Waals surface area contributed by atoms with Gasteiger partial charge in [0, 0.05) is 12.1 Å². The topological polar surface area (TPSA) is 96.8 Å². The second-order valence-corrected chi connectivity index (χ2v) is 7.69. The van der Waals surface area contributed by atoms with Crippen molar-refractivity contribution in [2.75, 3.05) is 31.6 Å². The molecular formula is C23H25FN4O4. The number of carbonyl (C=O) groups is 1. The molecule has 3 aromatic rings. The van der Waals surface area contributed by atoms with Gasteiger partial charge >= 0.3 is 6.09 Å². The van der Waals surface area contributed by atoms with Gasteiger partial charge in [0.2, 0.25) is 5.88 Å². The zero-order chi connectivity index (χ0) is 22.7. The summed E-state index contributed by atoms with van der Waals surface area (Å²) in [6.45, 7) is 2.85. The van der Waals surface area contributed by atoms with Gasteiger partial charge < -0.3 is 19.9 Å². The van der Waals surface area contributed by atoms with Crippen LogP contribution >= 0.6 is 0 Å². The third kappa shape index (κ3) is 4.63. The molecular weight excluding hydrogens is 415 g/mol. The summed E-state index contributed by atoms with van der Waals surface area (Å²) in [7, 11) is 1.52. The van der Waals surface area contributed by atoms with Crippen LogP contribution in [0.1, 0.15) is 23.7 Å². The summed E-state index contributed by atoms with van der Waals surface area (Å²) in [6.07, 6.45) is 0.504. The highest BCUT2D eigenvalue weighted by molar-refractivity contribution is 5.89. The van der Waals surface area contributed by atoms with Crippen LogP contribution in [-0.4, -0.2) is 54.0 Å². The fraction of sp³-hybridized carbons (Fsp3) is 0.348. The molecule has 1 aromatic heterocycles. The smallest absolute Gasteiger partial charge is 0.414 e. The summed E-state index contributed by atoms with van der Waals surface area (Å²) in [5, 5.41) is 13.8. The molecule has 8 nitrogen and oxygen atoms in total. The van der Waals surface area contributed by atoms with Crippen molar-refractivity contribution in [3.8, 4) is 5.88 Å². The fourth-order valence-electron chi connectivity index (χ4n) is 3.65. The number of nitrogens with zero attached hydrogens (tertiary/aromatic N) is 3. The lowest BCUT2D eigenvalue weighted by atomic mass is 10.1. The van der Waals surface area contributed by atoms with E-state index in [4.69, 9.17) is 9.47 Å².